The van der Waals surface area contributed by atoms with E-state index < -0.39 is 0 Å². The van der Waals surface area contributed by atoms with Gasteiger partial charge in [-0.15, -0.1) is 0 Å². The molecule has 3 aromatic rings. The van der Waals surface area contributed by atoms with E-state index in [0.717, 1.165) is 55.4 Å². The van der Waals surface area contributed by atoms with E-state index in [2.05, 4.69) is 52.1 Å². The van der Waals surface area contributed by atoms with E-state index in [4.69, 9.17) is 9.97 Å². The standard InChI is InChI=1S/C26H30N6O/c1-17-22-10-7-12-31(15-20-8-5-4-6-9-20)25(22)30-24(29-17)21-11-13-32(16-21)26(33)23-14-27-19(3)28-18(23)2/h4-6,8-9,14,21H,7,10-13,15-16H2,1-3H3. The van der Waals surface area contributed by atoms with Crippen molar-refractivity contribution in [3.8, 4) is 0 Å². The lowest BCUT2D eigenvalue weighted by Crippen LogP contribution is -2.32. The predicted octanol–water partition coefficient (Wildman–Crippen LogP) is 3.77. The molecule has 0 spiro atoms. The monoisotopic (exact) mass is 442 g/mol. The molecule has 1 unspecified atom stereocenters. The van der Waals surface area contributed by atoms with Crippen molar-refractivity contribution >= 4 is 11.7 Å². The summed E-state index contributed by atoms with van der Waals surface area (Å²) in [6.45, 7) is 8.98. The fourth-order valence-corrected chi connectivity index (χ4v) is 4.97. The van der Waals surface area contributed by atoms with Gasteiger partial charge in [0.05, 0.1) is 11.3 Å². The van der Waals surface area contributed by atoms with Crippen LogP contribution in [0.2, 0.25) is 0 Å². The molecule has 2 aromatic heterocycles. The maximum absolute atomic E-state index is 13.1. The van der Waals surface area contributed by atoms with E-state index in [9.17, 15) is 4.79 Å². The minimum Gasteiger partial charge on any atom is -0.352 e. The first-order valence-corrected chi connectivity index (χ1v) is 11.8. The zero-order chi connectivity index (χ0) is 22.9. The highest BCUT2D eigenvalue weighted by molar-refractivity contribution is 5.95. The summed E-state index contributed by atoms with van der Waals surface area (Å²) in [5.74, 6) is 2.75. The SMILES string of the molecule is Cc1ncc(C(=O)N2CCC(c3nc(C)c4c(n3)N(Cc3ccccc3)CCC4)C2)c(C)n1. The molecule has 33 heavy (non-hydrogen) atoms. The van der Waals surface area contributed by atoms with Crippen LogP contribution in [0.4, 0.5) is 5.82 Å². The molecule has 7 nitrogen and oxygen atoms in total. The van der Waals surface area contributed by atoms with Crippen LogP contribution in [0.3, 0.4) is 0 Å². The van der Waals surface area contributed by atoms with Crippen molar-refractivity contribution in [3.05, 3.63) is 76.3 Å². The van der Waals surface area contributed by atoms with Crippen LogP contribution >= 0.6 is 0 Å². The molecule has 0 N–H and O–H groups in total. The third kappa shape index (κ3) is 4.32. The van der Waals surface area contributed by atoms with Crippen LogP contribution in [0.15, 0.2) is 36.5 Å². The number of aromatic nitrogens is 4. The highest BCUT2D eigenvalue weighted by Gasteiger charge is 2.32. The van der Waals surface area contributed by atoms with Crippen molar-refractivity contribution in [3.63, 3.8) is 0 Å². The van der Waals surface area contributed by atoms with Crippen molar-refractivity contribution < 1.29 is 4.79 Å². The van der Waals surface area contributed by atoms with Gasteiger partial charge in [0.1, 0.15) is 17.5 Å². The molecule has 2 aliphatic heterocycles. The first kappa shape index (κ1) is 21.5. The predicted molar refractivity (Wildman–Crippen MR) is 127 cm³/mol. The Kier molecular flexibility index (Phi) is 5.79. The molecule has 7 heteroatoms. The van der Waals surface area contributed by atoms with Gasteiger partial charge in [-0.1, -0.05) is 30.3 Å². The summed E-state index contributed by atoms with van der Waals surface area (Å²) < 4.78 is 0. The number of hydrogen-bond acceptors (Lipinski definition) is 6. The third-order valence-corrected chi connectivity index (χ3v) is 6.75. The molecule has 0 radical (unpaired) electrons. The molecule has 1 saturated heterocycles. The Bertz CT molecular complexity index is 1180. The molecule has 0 bridgehead atoms. The number of carbonyl (C=O) groups is 1. The summed E-state index contributed by atoms with van der Waals surface area (Å²) in [6.07, 6.45) is 4.66. The van der Waals surface area contributed by atoms with E-state index >= 15 is 0 Å². The van der Waals surface area contributed by atoms with Crippen molar-refractivity contribution in [2.45, 2.75) is 52.5 Å². The number of likely N-dealkylation sites (tertiary alicyclic amines) is 1. The van der Waals surface area contributed by atoms with E-state index in [0.29, 0.717) is 24.5 Å². The largest absolute Gasteiger partial charge is 0.352 e. The highest BCUT2D eigenvalue weighted by atomic mass is 16.2. The van der Waals surface area contributed by atoms with Crippen molar-refractivity contribution in [2.75, 3.05) is 24.5 Å². The van der Waals surface area contributed by atoms with Crippen LogP contribution in [0.25, 0.3) is 0 Å². The van der Waals surface area contributed by atoms with Crippen LogP contribution in [-0.4, -0.2) is 50.4 Å². The van der Waals surface area contributed by atoms with Gasteiger partial charge in [0.15, 0.2) is 0 Å². The quantitative estimate of drug-likeness (QED) is 0.612. The number of benzene rings is 1. The second-order valence-corrected chi connectivity index (χ2v) is 9.13. The fourth-order valence-electron chi connectivity index (χ4n) is 4.97. The topological polar surface area (TPSA) is 75.1 Å². The van der Waals surface area contributed by atoms with Crippen molar-refractivity contribution in [1.82, 2.24) is 24.8 Å². The minimum absolute atomic E-state index is 0.00427. The molecule has 170 valence electrons. The van der Waals surface area contributed by atoms with Crippen molar-refractivity contribution in [2.24, 2.45) is 0 Å². The second-order valence-electron chi connectivity index (χ2n) is 9.13. The van der Waals surface area contributed by atoms with Crippen LogP contribution in [0, 0.1) is 20.8 Å². The Morgan fingerprint density at radius 2 is 1.85 bits per heavy atom. The Morgan fingerprint density at radius 1 is 1.03 bits per heavy atom. The zero-order valence-corrected chi connectivity index (χ0v) is 19.6. The van der Waals surface area contributed by atoms with E-state index in [1.807, 2.05) is 18.7 Å². The zero-order valence-electron chi connectivity index (χ0n) is 19.6. The average molecular weight is 443 g/mol. The summed E-state index contributed by atoms with van der Waals surface area (Å²) in [6, 6.07) is 10.6. The summed E-state index contributed by atoms with van der Waals surface area (Å²) in [7, 11) is 0. The van der Waals surface area contributed by atoms with Crippen LogP contribution in [-0.2, 0) is 13.0 Å². The third-order valence-electron chi connectivity index (χ3n) is 6.75. The van der Waals surface area contributed by atoms with E-state index in [-0.39, 0.29) is 11.8 Å². The molecule has 1 amide bonds. The second kappa shape index (κ2) is 8.89. The van der Waals surface area contributed by atoms with Gasteiger partial charge in [0, 0.05) is 49.6 Å². The maximum atomic E-state index is 13.1. The lowest BCUT2D eigenvalue weighted by molar-refractivity contribution is 0.0789. The average Bonchev–Trinajstić information content (AvgIpc) is 3.30. The van der Waals surface area contributed by atoms with E-state index in [1.54, 1.807) is 6.20 Å². The summed E-state index contributed by atoms with van der Waals surface area (Å²) in [5, 5.41) is 0. The Hall–Kier alpha value is -3.35. The first-order valence-electron chi connectivity index (χ1n) is 11.8. The lowest BCUT2D eigenvalue weighted by atomic mass is 10.0. The van der Waals surface area contributed by atoms with Crippen molar-refractivity contribution in [1.29, 1.82) is 0 Å². The number of carbonyl (C=O) groups excluding carboxylic acids is 1. The summed E-state index contributed by atoms with van der Waals surface area (Å²) in [5.41, 5.74) is 4.93. The molecule has 0 saturated carbocycles. The molecule has 4 heterocycles. The van der Waals surface area contributed by atoms with Gasteiger partial charge in [0.25, 0.3) is 5.91 Å². The van der Waals surface area contributed by atoms with Crippen LogP contribution < -0.4 is 4.90 Å². The number of amides is 1. The Morgan fingerprint density at radius 3 is 2.64 bits per heavy atom. The maximum Gasteiger partial charge on any atom is 0.257 e. The van der Waals surface area contributed by atoms with Crippen LogP contribution in [0.5, 0.6) is 0 Å². The number of aryl methyl sites for hydroxylation is 3. The van der Waals surface area contributed by atoms with Gasteiger partial charge in [-0.3, -0.25) is 4.79 Å². The molecule has 1 fully saturated rings. The summed E-state index contributed by atoms with van der Waals surface area (Å²) >= 11 is 0. The summed E-state index contributed by atoms with van der Waals surface area (Å²) in [4.78, 5) is 36.0. The van der Waals surface area contributed by atoms with Gasteiger partial charge in [-0.25, -0.2) is 19.9 Å². The smallest absolute Gasteiger partial charge is 0.257 e. The number of nitrogens with zero attached hydrogens (tertiary/aromatic N) is 6. The molecular weight excluding hydrogens is 412 g/mol. The Labute approximate surface area is 194 Å². The molecular formula is C26H30N6O. The number of hydrogen-bond donors (Lipinski definition) is 0. The Balaban J connectivity index is 1.37. The lowest BCUT2D eigenvalue weighted by Gasteiger charge is -2.31. The molecule has 1 atom stereocenters. The van der Waals surface area contributed by atoms with Gasteiger partial charge in [0.2, 0.25) is 0 Å². The first-order chi connectivity index (χ1) is 16.0. The number of fused-ring (bicyclic) bond motifs is 1. The number of rotatable bonds is 4. The molecule has 2 aliphatic rings. The van der Waals surface area contributed by atoms with Gasteiger partial charge in [-0.05, 0) is 45.6 Å². The van der Waals surface area contributed by atoms with Gasteiger partial charge < -0.3 is 9.80 Å². The fraction of sp³-hybridized carbons (Fsp3) is 0.423. The highest BCUT2D eigenvalue weighted by Crippen LogP contribution is 2.33. The van der Waals surface area contributed by atoms with Gasteiger partial charge in [-0.2, -0.15) is 0 Å². The number of anilines is 1. The minimum atomic E-state index is -0.00427. The molecule has 5 rings (SSSR count). The molecule has 0 aliphatic carbocycles. The normalized spacial score (nSPS) is 17.8. The molecule has 1 aromatic carbocycles. The van der Waals surface area contributed by atoms with Gasteiger partial charge >= 0.3 is 0 Å². The van der Waals surface area contributed by atoms with Crippen LogP contribution in [0.1, 0.15) is 63.3 Å². The van der Waals surface area contributed by atoms with E-state index in [1.165, 1.54) is 11.1 Å².